The van der Waals surface area contributed by atoms with Crippen LogP contribution >= 0.6 is 0 Å². The predicted octanol–water partition coefficient (Wildman–Crippen LogP) is 2.74. The van der Waals surface area contributed by atoms with Gasteiger partial charge in [0.1, 0.15) is 5.82 Å². The van der Waals surface area contributed by atoms with E-state index in [9.17, 15) is 9.59 Å². The molecule has 1 aliphatic rings. The molecule has 0 radical (unpaired) electrons. The lowest BCUT2D eigenvalue weighted by Crippen LogP contribution is -2.37. The third-order valence-corrected chi connectivity index (χ3v) is 6.07. The molecule has 0 spiro atoms. The van der Waals surface area contributed by atoms with Gasteiger partial charge in [-0.3, -0.25) is 9.59 Å². The molecule has 0 unspecified atom stereocenters. The van der Waals surface area contributed by atoms with Gasteiger partial charge in [-0.25, -0.2) is 9.97 Å². The van der Waals surface area contributed by atoms with Gasteiger partial charge in [-0.05, 0) is 37.8 Å². The van der Waals surface area contributed by atoms with Crippen molar-refractivity contribution in [1.82, 2.24) is 24.4 Å². The number of rotatable bonds is 9. The van der Waals surface area contributed by atoms with Gasteiger partial charge in [0.05, 0.1) is 11.0 Å². The molecule has 3 aromatic rings. The summed E-state index contributed by atoms with van der Waals surface area (Å²) in [4.78, 5) is 36.8. The predicted molar refractivity (Wildman–Crippen MR) is 126 cm³/mol. The van der Waals surface area contributed by atoms with E-state index in [0.29, 0.717) is 18.9 Å². The Morgan fingerprint density at radius 3 is 2.75 bits per heavy atom. The van der Waals surface area contributed by atoms with E-state index >= 15 is 0 Å². The maximum atomic E-state index is 13.3. The summed E-state index contributed by atoms with van der Waals surface area (Å²) < 4.78 is 3.84. The van der Waals surface area contributed by atoms with Crippen LogP contribution in [-0.4, -0.2) is 44.6 Å². The molecule has 1 fully saturated rings. The number of nitrogens with zero attached hydrogens (tertiary/aromatic N) is 5. The standard InChI is InChI=1S/C24H32N6O2/c1-2-21-25-13-18-28(21)16-8-12-26-22(31)11-17-30-20-10-5-4-9-19(20)27-23(24(30)32)29-14-6-3-7-15-29/h4-5,9-10,13,18H,2-3,6-8,11-12,14-17H2,1H3,(H,26,31). The minimum atomic E-state index is -0.106. The molecule has 1 amide bonds. The van der Waals surface area contributed by atoms with E-state index in [2.05, 4.69) is 31.7 Å². The number of fused-ring (bicyclic) bond motifs is 1. The van der Waals surface area contributed by atoms with Crippen LogP contribution in [0.15, 0.2) is 41.5 Å². The Balaban J connectivity index is 1.39. The molecule has 8 heteroatoms. The highest BCUT2D eigenvalue weighted by Crippen LogP contribution is 2.18. The van der Waals surface area contributed by atoms with E-state index in [1.54, 1.807) is 4.57 Å². The fraction of sp³-hybridized carbons (Fsp3) is 0.500. The summed E-state index contributed by atoms with van der Waals surface area (Å²) >= 11 is 0. The normalized spacial score (nSPS) is 14.1. The molecule has 32 heavy (non-hydrogen) atoms. The number of hydrogen-bond acceptors (Lipinski definition) is 5. The zero-order chi connectivity index (χ0) is 22.3. The Kier molecular flexibility index (Phi) is 7.19. The van der Waals surface area contributed by atoms with Crippen LogP contribution in [0.3, 0.4) is 0 Å². The molecule has 4 rings (SSSR count). The van der Waals surface area contributed by atoms with Crippen molar-refractivity contribution in [3.63, 3.8) is 0 Å². The van der Waals surface area contributed by atoms with E-state index in [4.69, 9.17) is 0 Å². The molecule has 1 N–H and O–H groups in total. The van der Waals surface area contributed by atoms with Crippen molar-refractivity contribution < 1.29 is 4.79 Å². The van der Waals surface area contributed by atoms with Crippen LogP contribution in [0.25, 0.3) is 11.0 Å². The first-order valence-corrected chi connectivity index (χ1v) is 11.7. The number of aromatic nitrogens is 4. The summed E-state index contributed by atoms with van der Waals surface area (Å²) in [5.74, 6) is 1.53. The van der Waals surface area contributed by atoms with Gasteiger partial charge in [-0.15, -0.1) is 0 Å². The lowest BCUT2D eigenvalue weighted by atomic mass is 10.1. The average molecular weight is 437 g/mol. The first kappa shape index (κ1) is 22.0. The second-order valence-electron chi connectivity index (χ2n) is 8.27. The number of benzene rings is 1. The van der Waals surface area contributed by atoms with Crippen LogP contribution in [0.5, 0.6) is 0 Å². The number of amides is 1. The van der Waals surface area contributed by atoms with Crippen molar-refractivity contribution in [3.8, 4) is 0 Å². The summed E-state index contributed by atoms with van der Waals surface area (Å²) in [6.07, 6.45) is 9.13. The number of nitrogens with one attached hydrogen (secondary N) is 1. The molecule has 1 saturated heterocycles. The number of para-hydroxylation sites is 2. The first-order chi connectivity index (χ1) is 15.7. The Bertz CT molecular complexity index is 1110. The minimum absolute atomic E-state index is 0.0429. The fourth-order valence-corrected chi connectivity index (χ4v) is 4.35. The Hall–Kier alpha value is -3.16. The fourth-order valence-electron chi connectivity index (χ4n) is 4.35. The van der Waals surface area contributed by atoms with E-state index in [0.717, 1.165) is 62.2 Å². The topological polar surface area (TPSA) is 85.0 Å². The van der Waals surface area contributed by atoms with E-state index in [1.165, 1.54) is 6.42 Å². The maximum absolute atomic E-state index is 13.3. The molecule has 0 bridgehead atoms. The molecule has 0 saturated carbocycles. The van der Waals surface area contributed by atoms with Crippen molar-refractivity contribution >= 4 is 22.8 Å². The second kappa shape index (κ2) is 10.4. The van der Waals surface area contributed by atoms with Gasteiger partial charge in [0.25, 0.3) is 5.56 Å². The molecule has 1 aliphatic heterocycles. The minimum Gasteiger partial charge on any atom is -0.356 e. The number of anilines is 1. The van der Waals surface area contributed by atoms with Gasteiger partial charge in [0.2, 0.25) is 5.91 Å². The lowest BCUT2D eigenvalue weighted by molar-refractivity contribution is -0.121. The smallest absolute Gasteiger partial charge is 0.294 e. The highest BCUT2D eigenvalue weighted by atomic mass is 16.2. The largest absolute Gasteiger partial charge is 0.356 e. The monoisotopic (exact) mass is 436 g/mol. The number of imidazole rings is 1. The summed E-state index contributed by atoms with van der Waals surface area (Å²) in [6, 6.07) is 7.67. The van der Waals surface area contributed by atoms with Crippen LogP contribution < -0.4 is 15.8 Å². The van der Waals surface area contributed by atoms with Crippen molar-refractivity contribution in [2.24, 2.45) is 0 Å². The van der Waals surface area contributed by atoms with Gasteiger partial charge in [-0.2, -0.15) is 0 Å². The summed E-state index contributed by atoms with van der Waals surface area (Å²) in [6.45, 7) is 5.58. The molecular weight excluding hydrogens is 404 g/mol. The van der Waals surface area contributed by atoms with Crippen LogP contribution in [0.1, 0.15) is 44.9 Å². The Morgan fingerprint density at radius 1 is 1.12 bits per heavy atom. The van der Waals surface area contributed by atoms with Gasteiger partial charge in [0.15, 0.2) is 5.82 Å². The van der Waals surface area contributed by atoms with E-state index < -0.39 is 0 Å². The SMILES string of the molecule is CCc1nccn1CCCNC(=O)CCn1c(=O)c(N2CCCCC2)nc2ccccc21. The summed E-state index contributed by atoms with van der Waals surface area (Å²) in [5, 5.41) is 2.98. The molecule has 0 atom stereocenters. The molecule has 0 aliphatic carbocycles. The van der Waals surface area contributed by atoms with Crippen molar-refractivity contribution in [1.29, 1.82) is 0 Å². The van der Waals surface area contributed by atoms with Crippen molar-refractivity contribution in [2.45, 2.75) is 58.5 Å². The van der Waals surface area contributed by atoms with E-state index in [-0.39, 0.29) is 17.9 Å². The van der Waals surface area contributed by atoms with Gasteiger partial charge in [-0.1, -0.05) is 19.1 Å². The lowest BCUT2D eigenvalue weighted by Gasteiger charge is -2.27. The molecule has 2 aromatic heterocycles. The zero-order valence-electron chi connectivity index (χ0n) is 18.8. The number of carbonyl (C=O) groups is 1. The van der Waals surface area contributed by atoms with Crippen LogP contribution in [0.2, 0.25) is 0 Å². The van der Waals surface area contributed by atoms with Crippen LogP contribution in [0.4, 0.5) is 5.82 Å². The van der Waals surface area contributed by atoms with Crippen LogP contribution in [-0.2, 0) is 24.3 Å². The molecule has 1 aromatic carbocycles. The second-order valence-corrected chi connectivity index (χ2v) is 8.27. The average Bonchev–Trinajstić information content (AvgIpc) is 3.29. The number of hydrogen-bond donors (Lipinski definition) is 1. The van der Waals surface area contributed by atoms with E-state index in [1.807, 2.05) is 36.7 Å². The number of carbonyl (C=O) groups excluding carboxylic acids is 1. The Labute approximate surface area is 188 Å². The summed E-state index contributed by atoms with van der Waals surface area (Å²) in [5.41, 5.74) is 1.46. The van der Waals surface area contributed by atoms with Gasteiger partial charge in [0, 0.05) is 58.0 Å². The first-order valence-electron chi connectivity index (χ1n) is 11.7. The third kappa shape index (κ3) is 5.00. The number of piperidine rings is 1. The molecule has 8 nitrogen and oxygen atoms in total. The number of aryl methyl sites for hydroxylation is 3. The van der Waals surface area contributed by atoms with Crippen molar-refractivity contribution in [2.75, 3.05) is 24.5 Å². The molecule has 3 heterocycles. The zero-order valence-corrected chi connectivity index (χ0v) is 18.8. The molecular formula is C24H32N6O2. The van der Waals surface area contributed by atoms with Gasteiger partial charge >= 0.3 is 0 Å². The Morgan fingerprint density at radius 2 is 1.94 bits per heavy atom. The van der Waals surface area contributed by atoms with Crippen LogP contribution in [0, 0.1) is 0 Å². The quantitative estimate of drug-likeness (QED) is 0.522. The molecule has 170 valence electrons. The third-order valence-electron chi connectivity index (χ3n) is 6.07. The maximum Gasteiger partial charge on any atom is 0.294 e. The highest BCUT2D eigenvalue weighted by Gasteiger charge is 2.19. The van der Waals surface area contributed by atoms with Gasteiger partial charge < -0.3 is 19.4 Å². The summed E-state index contributed by atoms with van der Waals surface area (Å²) in [7, 11) is 0. The van der Waals surface area contributed by atoms with Crippen molar-refractivity contribution in [3.05, 3.63) is 52.8 Å². The highest BCUT2D eigenvalue weighted by molar-refractivity contribution is 5.78.